The minimum Gasteiger partial charge on any atom is -0.489 e. The number of ether oxygens (including phenoxy) is 12. The standard InChI is InChI=1S/2C30H31N3O6.2C2H6O.2F6P.Ni.H2O/c2*1-3-9-31-25(5-1)27-20-24(21-28(33-27)26-6-2-4-10-32-26)39-22-23-7-8-29-30(19-23)38-18-16-36-14-12-34-11-13-35-15-17-37-29;2*1-2-3;2*1-7(2,3,4,5)6;;/h2*1-10,19-21H,11-18,22H2;2*3H,2H2,1H3;;;;1H2/q;;;;2*-1;+2;. The Morgan fingerprint density at radius 2 is 0.550 bits per heavy atom. The van der Waals surface area contributed by atoms with Crippen LogP contribution in [0.15, 0.2) is 158 Å². The number of halogens is 12. The van der Waals surface area contributed by atoms with E-state index in [2.05, 4.69) is 19.9 Å². The number of nitrogens with zero attached hydrogens (tertiary/aromatic N) is 6. The van der Waals surface area contributed by atoms with Crippen molar-refractivity contribution in [2.75, 3.05) is 119 Å². The van der Waals surface area contributed by atoms with Crippen LogP contribution >= 0.6 is 15.6 Å². The molecule has 100 heavy (non-hydrogen) atoms. The fourth-order valence-electron chi connectivity index (χ4n) is 7.77. The molecule has 0 unspecified atom stereocenters. The van der Waals surface area contributed by atoms with Crippen molar-refractivity contribution in [2.24, 2.45) is 0 Å². The summed E-state index contributed by atoms with van der Waals surface area (Å²) in [6.07, 6.45) is 6.98. The summed E-state index contributed by atoms with van der Waals surface area (Å²) in [7, 11) is -21.3. The third-order valence-electron chi connectivity index (χ3n) is 11.6. The maximum Gasteiger partial charge on any atom is 2.00 e. The predicted molar refractivity (Wildman–Crippen MR) is 346 cm³/mol. The molecule has 10 rings (SSSR count). The number of benzene rings is 2. The molecule has 0 bridgehead atoms. The molecule has 0 atom stereocenters. The summed E-state index contributed by atoms with van der Waals surface area (Å²) in [5, 5.41) is 15.1. The molecule has 6 aromatic heterocycles. The molecule has 2 aliphatic rings. The van der Waals surface area contributed by atoms with Crippen molar-refractivity contribution in [3.63, 3.8) is 0 Å². The van der Waals surface area contributed by atoms with E-state index in [0.717, 1.165) is 33.9 Å². The van der Waals surface area contributed by atoms with E-state index in [1.807, 2.05) is 133 Å². The van der Waals surface area contributed by atoms with E-state index in [0.29, 0.717) is 176 Å². The van der Waals surface area contributed by atoms with Crippen molar-refractivity contribution in [3.05, 3.63) is 169 Å². The van der Waals surface area contributed by atoms with Gasteiger partial charge in [0, 0.05) is 62.3 Å². The van der Waals surface area contributed by atoms with Crippen LogP contribution in [0.2, 0.25) is 0 Å². The van der Waals surface area contributed by atoms with Crippen LogP contribution in [0.4, 0.5) is 50.4 Å². The smallest absolute Gasteiger partial charge is 0.489 e. The molecule has 0 saturated heterocycles. The van der Waals surface area contributed by atoms with Gasteiger partial charge in [0.15, 0.2) is 23.0 Å². The minimum atomic E-state index is -10.7. The second-order valence-electron chi connectivity index (χ2n) is 19.8. The third kappa shape index (κ3) is 41.1. The van der Waals surface area contributed by atoms with Crippen LogP contribution in [0.25, 0.3) is 45.6 Å². The molecule has 0 amide bonds. The van der Waals surface area contributed by atoms with E-state index in [-0.39, 0.29) is 35.2 Å². The fraction of sp³-hybridized carbons (Fsp3) is 0.344. The van der Waals surface area contributed by atoms with Crippen LogP contribution in [0.5, 0.6) is 34.5 Å². The van der Waals surface area contributed by atoms with Gasteiger partial charge in [-0.15, -0.1) is 0 Å². The molecule has 8 heterocycles. The van der Waals surface area contributed by atoms with E-state index in [9.17, 15) is 50.4 Å². The van der Waals surface area contributed by atoms with Crippen molar-refractivity contribution >= 4 is 15.6 Å². The van der Waals surface area contributed by atoms with Crippen molar-refractivity contribution in [1.82, 2.24) is 29.9 Å². The van der Waals surface area contributed by atoms with Gasteiger partial charge in [0.2, 0.25) is 0 Å². The summed E-state index contributed by atoms with van der Waals surface area (Å²) in [5.41, 5.74) is 7.70. The average molecular weight is 1520 g/mol. The van der Waals surface area contributed by atoms with Crippen LogP contribution in [0.3, 0.4) is 0 Å². The second kappa shape index (κ2) is 41.3. The van der Waals surface area contributed by atoms with Gasteiger partial charge in [-0.05, 0) is 97.8 Å². The Balaban J connectivity index is 0.000000403. The van der Waals surface area contributed by atoms with Crippen molar-refractivity contribution in [2.45, 2.75) is 27.1 Å². The van der Waals surface area contributed by atoms with Crippen LogP contribution in [-0.2, 0) is 58.1 Å². The summed E-state index contributed by atoms with van der Waals surface area (Å²) in [4.78, 5) is 27.4. The Bertz CT molecular complexity index is 3230. The van der Waals surface area contributed by atoms with Crippen LogP contribution in [0.1, 0.15) is 25.0 Å². The van der Waals surface area contributed by atoms with Gasteiger partial charge < -0.3 is 72.5 Å². The molecular weight excluding hydrogens is 1440 g/mol. The topological polar surface area (TPSA) is 260 Å². The zero-order valence-electron chi connectivity index (χ0n) is 53.9. The molecule has 0 radical (unpaired) electrons. The number of hydrogen-bond donors (Lipinski definition) is 2. The largest absolute Gasteiger partial charge is 2.00 e. The molecule has 0 aliphatic carbocycles. The zero-order chi connectivity index (χ0) is 71.3. The maximum atomic E-state index is 9.87. The van der Waals surface area contributed by atoms with E-state index >= 15 is 0 Å². The van der Waals surface area contributed by atoms with Gasteiger partial charge in [-0.2, -0.15) is 0 Å². The van der Waals surface area contributed by atoms with Crippen LogP contribution in [-0.4, -0.2) is 165 Å². The Hall–Kier alpha value is -7.71. The zero-order valence-corrected chi connectivity index (χ0v) is 56.7. The first-order valence-corrected chi connectivity index (χ1v) is 34.0. The Labute approximate surface area is 578 Å². The van der Waals surface area contributed by atoms with Gasteiger partial charge in [0.05, 0.1) is 125 Å². The summed E-state index contributed by atoms with van der Waals surface area (Å²) in [6, 6.07) is 42.0. The van der Waals surface area contributed by atoms with E-state index in [4.69, 9.17) is 77.0 Å². The number of rotatable bonds is 10. The Morgan fingerprint density at radius 1 is 0.330 bits per heavy atom. The van der Waals surface area contributed by atoms with Gasteiger partial charge in [-0.3, -0.25) is 19.9 Å². The summed E-state index contributed by atoms with van der Waals surface area (Å²) < 4.78 is 188. The Morgan fingerprint density at radius 3 is 0.770 bits per heavy atom. The third-order valence-corrected chi connectivity index (χ3v) is 11.6. The molecule has 0 saturated carbocycles. The monoisotopic (exact) mass is 1520 g/mol. The molecule has 2 aromatic carbocycles. The van der Waals surface area contributed by atoms with Gasteiger partial charge in [0.1, 0.15) is 51.1 Å². The molecule has 36 heteroatoms. The molecule has 8 aromatic rings. The normalized spacial score (nSPS) is 15.4. The number of aromatic nitrogens is 6. The number of pyridine rings is 6. The molecule has 556 valence electrons. The first-order chi connectivity index (χ1) is 46.4. The first-order valence-electron chi connectivity index (χ1n) is 30.0. The first kappa shape index (κ1) is 86.5. The maximum absolute atomic E-state index is 10.7. The second-order valence-corrected chi connectivity index (χ2v) is 23.6. The molecular formula is C64H76F12N6NiO15P2. The Kier molecular flexibility index (Phi) is 35.7. The molecule has 2 aliphatic heterocycles. The summed E-state index contributed by atoms with van der Waals surface area (Å²) in [6.45, 7) is 12.1. The number of fused-ring (bicyclic) bond motifs is 2. The number of aliphatic hydroxyl groups is 2. The van der Waals surface area contributed by atoms with Crippen molar-refractivity contribution in [1.29, 1.82) is 0 Å². The quantitative estimate of drug-likeness (QED) is 0.0732. The summed E-state index contributed by atoms with van der Waals surface area (Å²) >= 11 is 0. The molecule has 0 fully saturated rings. The SMILES string of the molecule is CCO.CCO.F[P-](F)(F)(F)(F)F.F[P-](F)(F)(F)(F)F.O.[Ni+2].c1ccc(-c2cc(OCc3ccc4c(c3)OCCOCCOCCOCCO4)cc(-c3ccccn3)n2)nc1.c1ccc(-c2cc(OCc3ccc4c(c3)OCCOCCOCCOCCO4)cc(-c3ccccn3)n2)nc1. The van der Waals surface area contributed by atoms with Gasteiger partial charge >= 0.3 is 82.5 Å². The molecule has 0 spiro atoms. The van der Waals surface area contributed by atoms with Gasteiger partial charge in [-0.25, -0.2) is 9.97 Å². The van der Waals surface area contributed by atoms with Gasteiger partial charge in [0.25, 0.3) is 0 Å². The van der Waals surface area contributed by atoms with Crippen LogP contribution in [0, 0.1) is 0 Å². The van der Waals surface area contributed by atoms with Gasteiger partial charge in [-0.1, -0.05) is 36.4 Å². The predicted octanol–water partition coefficient (Wildman–Crippen LogP) is 15.1. The average Bonchev–Trinajstić information content (AvgIpc) is 0.803. The molecule has 21 nitrogen and oxygen atoms in total. The van der Waals surface area contributed by atoms with Crippen molar-refractivity contribution < 1.29 is 139 Å². The van der Waals surface area contributed by atoms with E-state index < -0.39 is 15.6 Å². The fourth-order valence-corrected chi connectivity index (χ4v) is 7.77. The van der Waals surface area contributed by atoms with Crippen molar-refractivity contribution in [3.8, 4) is 80.0 Å². The van der Waals surface area contributed by atoms with E-state index in [1.54, 1.807) is 38.6 Å². The number of hydrogen-bond acceptors (Lipinski definition) is 20. The summed E-state index contributed by atoms with van der Waals surface area (Å²) in [5.74, 6) is 3.87. The minimum absolute atomic E-state index is 0. The van der Waals surface area contributed by atoms with Crippen LogP contribution < -0.4 is 28.4 Å². The van der Waals surface area contributed by atoms with E-state index in [1.165, 1.54) is 0 Å². The molecule has 4 N–H and O–H groups in total. The number of aliphatic hydroxyl groups excluding tert-OH is 2.